The van der Waals surface area contributed by atoms with Gasteiger partial charge in [0.15, 0.2) is 0 Å². The van der Waals surface area contributed by atoms with Crippen LogP contribution in [0.3, 0.4) is 0 Å². The first kappa shape index (κ1) is 24.1. The molecule has 1 fully saturated rings. The predicted octanol–water partition coefficient (Wildman–Crippen LogP) is 4.41. The van der Waals surface area contributed by atoms with Crippen LogP contribution in [-0.2, 0) is 11.3 Å². The van der Waals surface area contributed by atoms with Gasteiger partial charge < -0.3 is 15.6 Å². The van der Waals surface area contributed by atoms with Crippen molar-refractivity contribution in [3.8, 4) is 11.3 Å². The first-order chi connectivity index (χ1) is 18.4. The van der Waals surface area contributed by atoms with Crippen LogP contribution in [0.15, 0.2) is 54.6 Å². The first-order valence-electron chi connectivity index (χ1n) is 13.2. The van der Waals surface area contributed by atoms with E-state index in [0.29, 0.717) is 30.3 Å². The summed E-state index contributed by atoms with van der Waals surface area (Å²) in [6.07, 6.45) is 12.0. The number of allylic oxidation sites excluding steroid dienone is 2. The summed E-state index contributed by atoms with van der Waals surface area (Å²) in [5, 5.41) is 12.6. The molecule has 1 aromatic carbocycles. The van der Waals surface area contributed by atoms with Gasteiger partial charge in [0.2, 0.25) is 5.91 Å². The van der Waals surface area contributed by atoms with Gasteiger partial charge in [-0.3, -0.25) is 14.3 Å². The third-order valence-electron chi connectivity index (χ3n) is 7.12. The van der Waals surface area contributed by atoms with E-state index in [9.17, 15) is 9.59 Å². The molecule has 2 aliphatic carbocycles. The standard InChI is InChI=1S/C29H31N7O2/c1-16(2)33-28(37)20-5-4-6-21(11-20)34-29(38)26-22-10-9-19(12-23(22)35-36(26)14-18-7-8-18)25-24-17(3)13-30-27(24)32-15-31-25/h4,6,9-13,15-16,18,20H,5,7-8,14H2,1-3H3,(H,33,37)(H,34,38)(H,30,31,32). The van der Waals surface area contributed by atoms with Crippen molar-refractivity contribution in [2.24, 2.45) is 11.8 Å². The second-order valence-corrected chi connectivity index (χ2v) is 10.6. The summed E-state index contributed by atoms with van der Waals surface area (Å²) in [5.41, 5.74) is 5.53. The maximum Gasteiger partial charge on any atom is 0.274 e. The number of benzene rings is 1. The van der Waals surface area contributed by atoms with Crippen LogP contribution in [0, 0.1) is 18.8 Å². The molecule has 1 saturated carbocycles. The molecule has 38 heavy (non-hydrogen) atoms. The van der Waals surface area contributed by atoms with E-state index >= 15 is 0 Å². The van der Waals surface area contributed by atoms with E-state index in [-0.39, 0.29) is 23.8 Å². The largest absolute Gasteiger partial charge is 0.353 e. The summed E-state index contributed by atoms with van der Waals surface area (Å²) in [6.45, 7) is 6.61. The van der Waals surface area contributed by atoms with Gasteiger partial charge in [-0.2, -0.15) is 5.10 Å². The number of carbonyl (C=O) groups excluding carboxylic acids is 2. The number of aromatic nitrogens is 5. The Balaban J connectivity index is 1.34. The Morgan fingerprint density at radius 2 is 2.05 bits per heavy atom. The molecule has 0 radical (unpaired) electrons. The average Bonchev–Trinajstić information content (AvgIpc) is 3.52. The molecule has 9 heteroatoms. The Bertz CT molecular complexity index is 1620. The van der Waals surface area contributed by atoms with Gasteiger partial charge in [0.25, 0.3) is 5.91 Å². The minimum Gasteiger partial charge on any atom is -0.353 e. The molecule has 0 saturated heterocycles. The van der Waals surface area contributed by atoms with E-state index in [2.05, 4.69) is 25.6 Å². The maximum atomic E-state index is 13.6. The van der Waals surface area contributed by atoms with E-state index in [1.165, 1.54) is 0 Å². The zero-order valence-corrected chi connectivity index (χ0v) is 21.8. The van der Waals surface area contributed by atoms with Crippen molar-refractivity contribution in [1.29, 1.82) is 0 Å². The SMILES string of the molecule is Cc1c[nH]c2ncnc(-c3ccc4c(C(=O)NC5=CC(C(=O)NC(C)C)CC=C5)n(CC5CC5)nc4c3)c12. The molecular weight excluding hydrogens is 478 g/mol. The van der Waals surface area contributed by atoms with Gasteiger partial charge in [0, 0.05) is 40.8 Å². The maximum absolute atomic E-state index is 13.6. The minimum atomic E-state index is -0.310. The molecule has 0 aliphatic heterocycles. The first-order valence-corrected chi connectivity index (χ1v) is 13.2. The second kappa shape index (κ2) is 9.55. The number of amides is 2. The van der Waals surface area contributed by atoms with Crippen LogP contribution in [0.5, 0.6) is 0 Å². The zero-order chi connectivity index (χ0) is 26.4. The van der Waals surface area contributed by atoms with Crippen molar-refractivity contribution >= 4 is 33.8 Å². The monoisotopic (exact) mass is 509 g/mol. The fourth-order valence-electron chi connectivity index (χ4n) is 5.06. The Morgan fingerprint density at radius 1 is 1.21 bits per heavy atom. The molecule has 1 unspecified atom stereocenters. The molecule has 3 aromatic heterocycles. The molecule has 4 aromatic rings. The molecule has 2 aliphatic rings. The van der Waals surface area contributed by atoms with Crippen molar-refractivity contribution in [1.82, 2.24) is 35.4 Å². The summed E-state index contributed by atoms with van der Waals surface area (Å²) >= 11 is 0. The van der Waals surface area contributed by atoms with Gasteiger partial charge in [-0.15, -0.1) is 0 Å². The molecule has 9 nitrogen and oxygen atoms in total. The summed E-state index contributed by atoms with van der Waals surface area (Å²) in [7, 11) is 0. The molecule has 0 spiro atoms. The van der Waals surface area contributed by atoms with Gasteiger partial charge in [-0.25, -0.2) is 9.97 Å². The molecule has 1 atom stereocenters. The Hall–Kier alpha value is -4.27. The van der Waals surface area contributed by atoms with E-state index in [1.807, 2.05) is 68.1 Å². The number of aromatic amines is 1. The van der Waals surface area contributed by atoms with Crippen LogP contribution in [0.2, 0.25) is 0 Å². The fourth-order valence-corrected chi connectivity index (χ4v) is 5.06. The van der Waals surface area contributed by atoms with Crippen LogP contribution < -0.4 is 10.6 Å². The number of nitrogens with zero attached hydrogens (tertiary/aromatic N) is 4. The number of hydrogen-bond acceptors (Lipinski definition) is 5. The molecule has 6 rings (SSSR count). The van der Waals surface area contributed by atoms with Crippen molar-refractivity contribution in [3.05, 3.63) is 65.9 Å². The van der Waals surface area contributed by atoms with Gasteiger partial charge in [-0.05, 0) is 75.8 Å². The highest BCUT2D eigenvalue weighted by atomic mass is 16.2. The van der Waals surface area contributed by atoms with E-state index in [4.69, 9.17) is 5.10 Å². The van der Waals surface area contributed by atoms with Gasteiger partial charge in [0.05, 0.1) is 17.1 Å². The summed E-state index contributed by atoms with van der Waals surface area (Å²) < 4.78 is 1.84. The number of rotatable bonds is 7. The lowest BCUT2D eigenvalue weighted by atomic mass is 9.97. The van der Waals surface area contributed by atoms with Crippen molar-refractivity contribution in [2.75, 3.05) is 0 Å². The zero-order valence-electron chi connectivity index (χ0n) is 21.8. The minimum absolute atomic E-state index is 0.0376. The molecule has 2 amide bonds. The highest BCUT2D eigenvalue weighted by molar-refractivity contribution is 6.07. The molecule has 3 heterocycles. The lowest BCUT2D eigenvalue weighted by molar-refractivity contribution is -0.124. The smallest absolute Gasteiger partial charge is 0.274 e. The van der Waals surface area contributed by atoms with E-state index in [1.54, 1.807) is 6.33 Å². The lowest BCUT2D eigenvalue weighted by Crippen LogP contribution is -2.36. The number of nitrogens with one attached hydrogen (secondary N) is 3. The Kier molecular flexibility index (Phi) is 6.06. The van der Waals surface area contributed by atoms with E-state index < -0.39 is 0 Å². The topological polar surface area (TPSA) is 118 Å². The van der Waals surface area contributed by atoms with Crippen LogP contribution in [0.4, 0.5) is 0 Å². The van der Waals surface area contributed by atoms with Gasteiger partial charge >= 0.3 is 0 Å². The van der Waals surface area contributed by atoms with Crippen LogP contribution in [-0.4, -0.2) is 42.6 Å². The third-order valence-corrected chi connectivity index (χ3v) is 7.12. The average molecular weight is 510 g/mol. The van der Waals surface area contributed by atoms with E-state index in [0.717, 1.165) is 51.6 Å². The predicted molar refractivity (Wildman–Crippen MR) is 146 cm³/mol. The third kappa shape index (κ3) is 4.60. The molecule has 3 N–H and O–H groups in total. The van der Waals surface area contributed by atoms with Gasteiger partial charge in [-0.1, -0.05) is 12.1 Å². The number of carbonyl (C=O) groups is 2. The number of aryl methyl sites for hydroxylation is 1. The molecule has 0 bridgehead atoms. The fraction of sp³-hybridized carbons (Fsp3) is 0.345. The molecule has 194 valence electrons. The second-order valence-electron chi connectivity index (χ2n) is 10.6. The number of H-pyrrole nitrogens is 1. The molecular formula is C29H31N7O2. The quantitative estimate of drug-likeness (QED) is 0.341. The highest BCUT2D eigenvalue weighted by Crippen LogP contribution is 2.34. The van der Waals surface area contributed by atoms with Crippen molar-refractivity contribution in [3.63, 3.8) is 0 Å². The van der Waals surface area contributed by atoms with Gasteiger partial charge in [0.1, 0.15) is 17.7 Å². The van der Waals surface area contributed by atoms with Crippen LogP contribution in [0.1, 0.15) is 49.2 Å². The Labute approximate surface area is 220 Å². The Morgan fingerprint density at radius 3 is 2.84 bits per heavy atom. The summed E-state index contributed by atoms with van der Waals surface area (Å²) in [4.78, 5) is 38.3. The van der Waals surface area contributed by atoms with Crippen LogP contribution >= 0.6 is 0 Å². The lowest BCUT2D eigenvalue weighted by Gasteiger charge is -2.18. The summed E-state index contributed by atoms with van der Waals surface area (Å²) in [6, 6.07) is 6.00. The number of fused-ring (bicyclic) bond motifs is 2. The van der Waals surface area contributed by atoms with Crippen LogP contribution in [0.25, 0.3) is 33.2 Å². The van der Waals surface area contributed by atoms with Crippen molar-refractivity contribution in [2.45, 2.75) is 52.6 Å². The summed E-state index contributed by atoms with van der Waals surface area (Å²) in [5.74, 6) is -0.0378. The normalized spacial score (nSPS) is 17.3. The van der Waals surface area contributed by atoms with Crippen molar-refractivity contribution < 1.29 is 9.59 Å². The highest BCUT2D eigenvalue weighted by Gasteiger charge is 2.27. The number of hydrogen-bond donors (Lipinski definition) is 3.